The van der Waals surface area contributed by atoms with Gasteiger partial charge in [-0.15, -0.1) is 0 Å². The van der Waals surface area contributed by atoms with Gasteiger partial charge in [0.25, 0.3) is 0 Å². The summed E-state index contributed by atoms with van der Waals surface area (Å²) >= 11 is 3.48. The van der Waals surface area contributed by atoms with E-state index < -0.39 is 0 Å². The summed E-state index contributed by atoms with van der Waals surface area (Å²) in [4.78, 5) is 11.5. The monoisotopic (exact) mass is 356 g/mol. The van der Waals surface area contributed by atoms with Crippen molar-refractivity contribution in [1.82, 2.24) is 10.6 Å². The van der Waals surface area contributed by atoms with Crippen LogP contribution in [0.15, 0.2) is 22.7 Å². The number of amides is 1. The van der Waals surface area contributed by atoms with Crippen molar-refractivity contribution in [3.05, 3.63) is 28.2 Å². The van der Waals surface area contributed by atoms with Gasteiger partial charge >= 0.3 is 0 Å². The number of benzene rings is 1. The third kappa shape index (κ3) is 7.48. The number of rotatable bonds is 9. The molecule has 0 aliphatic carbocycles. The zero-order valence-corrected chi connectivity index (χ0v) is 14.6. The molecule has 0 unspecified atom stereocenters. The largest absolute Gasteiger partial charge is 0.493 e. The first kappa shape index (κ1) is 18.0. The van der Waals surface area contributed by atoms with Gasteiger partial charge in [0.2, 0.25) is 5.91 Å². The summed E-state index contributed by atoms with van der Waals surface area (Å²) in [5.41, 5.74) is 1.10. The lowest BCUT2D eigenvalue weighted by molar-refractivity contribution is -0.121. The normalized spacial score (nSPS) is 10.7. The van der Waals surface area contributed by atoms with E-state index in [9.17, 15) is 4.79 Å². The maximum atomic E-state index is 11.5. The van der Waals surface area contributed by atoms with E-state index in [1.165, 1.54) is 0 Å². The number of nitrogens with one attached hydrogen (secondary N) is 2. The Labute approximate surface area is 135 Å². The van der Waals surface area contributed by atoms with Gasteiger partial charge in [0.05, 0.1) is 6.61 Å². The minimum Gasteiger partial charge on any atom is -0.493 e. The summed E-state index contributed by atoms with van der Waals surface area (Å²) in [6.45, 7) is 8.07. The number of hydrogen-bond acceptors (Lipinski definition) is 3. The maximum absolute atomic E-state index is 11.5. The molecule has 0 aromatic heterocycles. The molecule has 0 aliphatic rings. The van der Waals surface area contributed by atoms with E-state index in [0.29, 0.717) is 26.1 Å². The highest BCUT2D eigenvalue weighted by atomic mass is 79.9. The second kappa shape index (κ2) is 9.79. The summed E-state index contributed by atoms with van der Waals surface area (Å²) in [5.74, 6) is 0.980. The van der Waals surface area contributed by atoms with Crippen LogP contribution in [0.1, 0.15) is 39.2 Å². The molecular formula is C16H25BrN2O2. The predicted molar refractivity (Wildman–Crippen MR) is 89.5 cm³/mol. The fraction of sp³-hybridized carbons (Fsp3) is 0.562. The lowest BCUT2D eigenvalue weighted by Gasteiger charge is -2.13. The first-order valence-electron chi connectivity index (χ1n) is 7.44. The van der Waals surface area contributed by atoms with Crippen molar-refractivity contribution in [3.8, 4) is 5.75 Å². The summed E-state index contributed by atoms with van der Waals surface area (Å²) < 4.78 is 6.76. The fourth-order valence-corrected chi connectivity index (χ4v) is 2.27. The van der Waals surface area contributed by atoms with Crippen LogP contribution in [0.4, 0.5) is 0 Å². The van der Waals surface area contributed by atoms with Gasteiger partial charge in [0.1, 0.15) is 5.75 Å². The fourth-order valence-electron chi connectivity index (χ4n) is 1.86. The lowest BCUT2D eigenvalue weighted by atomic mass is 10.2. The van der Waals surface area contributed by atoms with E-state index in [1.807, 2.05) is 32.0 Å². The van der Waals surface area contributed by atoms with Crippen LogP contribution in [-0.2, 0) is 11.3 Å². The van der Waals surface area contributed by atoms with Gasteiger partial charge in [-0.05, 0) is 38.5 Å². The zero-order chi connectivity index (χ0) is 15.7. The Morgan fingerprint density at radius 3 is 2.81 bits per heavy atom. The molecule has 0 radical (unpaired) electrons. The Hall–Kier alpha value is -1.07. The number of carbonyl (C=O) groups is 1. The van der Waals surface area contributed by atoms with Gasteiger partial charge < -0.3 is 15.4 Å². The quantitative estimate of drug-likeness (QED) is 0.667. The molecule has 5 heteroatoms. The number of ether oxygens (including phenoxy) is 1. The molecule has 1 amide bonds. The van der Waals surface area contributed by atoms with Gasteiger partial charge in [0, 0.05) is 35.6 Å². The average molecular weight is 357 g/mol. The third-order valence-electron chi connectivity index (χ3n) is 2.78. The molecule has 1 aromatic rings. The van der Waals surface area contributed by atoms with Crippen LogP contribution in [0.25, 0.3) is 0 Å². The lowest BCUT2D eigenvalue weighted by Crippen LogP contribution is -2.32. The number of halogens is 1. The van der Waals surface area contributed by atoms with Gasteiger partial charge in [-0.25, -0.2) is 0 Å². The van der Waals surface area contributed by atoms with Gasteiger partial charge in [-0.2, -0.15) is 0 Å². The molecule has 118 valence electrons. The molecular weight excluding hydrogens is 332 g/mol. The molecule has 0 bridgehead atoms. The highest BCUT2D eigenvalue weighted by Crippen LogP contribution is 2.23. The van der Waals surface area contributed by atoms with Gasteiger partial charge in [-0.3, -0.25) is 4.79 Å². The van der Waals surface area contributed by atoms with Crippen molar-refractivity contribution in [2.24, 2.45) is 0 Å². The topological polar surface area (TPSA) is 50.4 Å². The molecule has 2 N–H and O–H groups in total. The smallest absolute Gasteiger partial charge is 0.221 e. The number of carbonyl (C=O) groups excluding carboxylic acids is 1. The molecule has 21 heavy (non-hydrogen) atoms. The Balaban J connectivity index is 2.43. The minimum atomic E-state index is 0.0780. The molecule has 1 aromatic carbocycles. The van der Waals surface area contributed by atoms with E-state index in [2.05, 4.69) is 33.5 Å². The highest BCUT2D eigenvalue weighted by Gasteiger charge is 2.06. The Morgan fingerprint density at radius 2 is 2.14 bits per heavy atom. The SMILES string of the molecule is CCCOc1ccc(Br)cc1CNCCC(=O)NC(C)C. The third-order valence-corrected chi connectivity index (χ3v) is 3.27. The van der Waals surface area contributed by atoms with E-state index >= 15 is 0 Å². The van der Waals surface area contributed by atoms with Gasteiger partial charge in [-0.1, -0.05) is 22.9 Å². The molecule has 0 spiro atoms. The second-order valence-corrected chi connectivity index (χ2v) is 6.17. The van der Waals surface area contributed by atoms with Crippen molar-refractivity contribution in [3.63, 3.8) is 0 Å². The summed E-state index contributed by atoms with van der Waals surface area (Å²) in [7, 11) is 0. The van der Waals surface area contributed by atoms with Crippen molar-refractivity contribution in [2.75, 3.05) is 13.2 Å². The van der Waals surface area contributed by atoms with Crippen LogP contribution in [0.5, 0.6) is 5.75 Å². The van der Waals surface area contributed by atoms with Crippen LogP contribution in [0.2, 0.25) is 0 Å². The Morgan fingerprint density at radius 1 is 1.38 bits per heavy atom. The van der Waals surface area contributed by atoms with E-state index in [0.717, 1.165) is 22.2 Å². The Bertz CT molecular complexity index is 450. The average Bonchev–Trinajstić information content (AvgIpc) is 2.42. The summed E-state index contributed by atoms with van der Waals surface area (Å²) in [5, 5.41) is 6.17. The first-order valence-corrected chi connectivity index (χ1v) is 8.23. The van der Waals surface area contributed by atoms with Crippen LogP contribution in [0, 0.1) is 0 Å². The van der Waals surface area contributed by atoms with Crippen molar-refractivity contribution < 1.29 is 9.53 Å². The van der Waals surface area contributed by atoms with E-state index in [1.54, 1.807) is 0 Å². The molecule has 0 saturated carbocycles. The summed E-state index contributed by atoms with van der Waals surface area (Å²) in [6.07, 6.45) is 1.47. The Kier molecular flexibility index (Phi) is 8.38. The van der Waals surface area contributed by atoms with Crippen LogP contribution < -0.4 is 15.4 Å². The molecule has 0 heterocycles. The van der Waals surface area contributed by atoms with Crippen LogP contribution in [-0.4, -0.2) is 25.1 Å². The number of hydrogen-bond donors (Lipinski definition) is 2. The van der Waals surface area contributed by atoms with E-state index in [4.69, 9.17) is 4.74 Å². The molecule has 0 atom stereocenters. The first-order chi connectivity index (χ1) is 10.0. The van der Waals surface area contributed by atoms with Crippen molar-refractivity contribution in [2.45, 2.75) is 46.2 Å². The molecule has 0 saturated heterocycles. The second-order valence-electron chi connectivity index (χ2n) is 5.25. The minimum absolute atomic E-state index is 0.0780. The van der Waals surface area contributed by atoms with Crippen LogP contribution >= 0.6 is 15.9 Å². The molecule has 0 aliphatic heterocycles. The van der Waals surface area contributed by atoms with Crippen molar-refractivity contribution >= 4 is 21.8 Å². The zero-order valence-electron chi connectivity index (χ0n) is 13.0. The molecule has 0 fully saturated rings. The summed E-state index contributed by atoms with van der Waals surface area (Å²) in [6, 6.07) is 6.19. The van der Waals surface area contributed by atoms with Crippen LogP contribution in [0.3, 0.4) is 0 Å². The highest BCUT2D eigenvalue weighted by molar-refractivity contribution is 9.10. The maximum Gasteiger partial charge on any atom is 0.221 e. The van der Waals surface area contributed by atoms with Gasteiger partial charge in [0.15, 0.2) is 0 Å². The predicted octanol–water partition coefficient (Wildman–Crippen LogP) is 3.24. The van der Waals surface area contributed by atoms with E-state index in [-0.39, 0.29) is 11.9 Å². The molecule has 1 rings (SSSR count). The molecule has 4 nitrogen and oxygen atoms in total. The standard InChI is InChI=1S/C16H25BrN2O2/c1-4-9-21-15-6-5-14(17)10-13(15)11-18-8-7-16(20)19-12(2)3/h5-6,10,12,18H,4,7-9,11H2,1-3H3,(H,19,20). The van der Waals surface area contributed by atoms with Crippen molar-refractivity contribution in [1.29, 1.82) is 0 Å².